The van der Waals surface area contributed by atoms with Crippen molar-refractivity contribution in [2.45, 2.75) is 4.90 Å². The molecule has 0 aliphatic carbocycles. The van der Waals surface area contributed by atoms with Gasteiger partial charge >= 0.3 is 0 Å². The molecule has 12 heavy (non-hydrogen) atoms. The molecule has 0 aliphatic rings. The normalized spacial score (nSPS) is 9.17. The van der Waals surface area contributed by atoms with Crippen LogP contribution in [0.1, 0.15) is 5.56 Å². The summed E-state index contributed by atoms with van der Waals surface area (Å²) in [6, 6.07) is 5.56. The van der Waals surface area contributed by atoms with E-state index in [1.165, 1.54) is 0 Å². The molecule has 1 aromatic carbocycles. The van der Waals surface area contributed by atoms with E-state index in [1.807, 2.05) is 0 Å². The van der Waals surface area contributed by atoms with Crippen molar-refractivity contribution in [1.29, 1.82) is 5.26 Å². The Kier molecular flexibility index (Phi) is 3.23. The molecule has 0 radical (unpaired) electrons. The van der Waals surface area contributed by atoms with E-state index in [2.05, 4.69) is 41.3 Å². The highest BCUT2D eigenvalue weighted by atomic mass is 127. The second-order valence-corrected chi connectivity index (χ2v) is 3.65. The van der Waals surface area contributed by atoms with Gasteiger partial charge in [-0.3, -0.25) is 0 Å². The Morgan fingerprint density at radius 2 is 2.25 bits per heavy atom. The van der Waals surface area contributed by atoms with Gasteiger partial charge in [0.15, 0.2) is 0 Å². The lowest BCUT2D eigenvalue weighted by atomic mass is 10.2. The lowest BCUT2D eigenvalue weighted by molar-refractivity contribution is 0.401. The first kappa shape index (κ1) is 9.68. The summed E-state index contributed by atoms with van der Waals surface area (Å²) in [4.78, 5) is 0.751. The summed E-state index contributed by atoms with van der Waals surface area (Å²) in [5.74, 6) is 0.665. The molecular formula is C8H6INOS. The monoisotopic (exact) mass is 291 g/mol. The maximum atomic E-state index is 8.69. The molecule has 0 saturated heterocycles. The second kappa shape index (κ2) is 4.01. The quantitative estimate of drug-likeness (QED) is 0.637. The van der Waals surface area contributed by atoms with Gasteiger partial charge < -0.3 is 4.74 Å². The van der Waals surface area contributed by atoms with Gasteiger partial charge in [0.05, 0.1) is 16.2 Å². The molecule has 0 heterocycles. The Bertz CT molecular complexity index is 346. The van der Waals surface area contributed by atoms with Crippen LogP contribution in [0.15, 0.2) is 17.0 Å². The highest BCUT2D eigenvalue weighted by Gasteiger charge is 2.08. The number of methoxy groups -OCH3 is 1. The minimum absolute atomic E-state index is 0.616. The van der Waals surface area contributed by atoms with Crippen molar-refractivity contribution in [3.63, 3.8) is 0 Å². The minimum Gasteiger partial charge on any atom is -0.494 e. The van der Waals surface area contributed by atoms with E-state index < -0.39 is 0 Å². The zero-order valence-electron chi connectivity index (χ0n) is 6.34. The third kappa shape index (κ3) is 1.67. The summed E-state index contributed by atoms with van der Waals surface area (Å²) < 4.78 is 5.89. The Morgan fingerprint density at radius 3 is 2.75 bits per heavy atom. The molecule has 62 valence electrons. The van der Waals surface area contributed by atoms with Crippen LogP contribution in [0.5, 0.6) is 5.75 Å². The topological polar surface area (TPSA) is 33.0 Å². The average molecular weight is 291 g/mol. The number of benzene rings is 1. The molecule has 0 bridgehead atoms. The summed E-state index contributed by atoms with van der Waals surface area (Å²) >= 11 is 6.26. The fourth-order valence-electron chi connectivity index (χ4n) is 0.826. The summed E-state index contributed by atoms with van der Waals surface area (Å²) in [5, 5.41) is 8.69. The van der Waals surface area contributed by atoms with Crippen molar-refractivity contribution in [2.75, 3.05) is 7.11 Å². The predicted molar refractivity (Wildman–Crippen MR) is 57.7 cm³/mol. The first-order valence-corrected chi connectivity index (χ1v) is 4.69. The molecule has 0 unspecified atom stereocenters. The highest BCUT2D eigenvalue weighted by Crippen LogP contribution is 2.30. The summed E-state index contributed by atoms with van der Waals surface area (Å²) in [6.07, 6.45) is 0. The van der Waals surface area contributed by atoms with E-state index >= 15 is 0 Å². The fourth-order valence-corrected chi connectivity index (χ4v) is 2.13. The summed E-state index contributed by atoms with van der Waals surface area (Å²) in [6.45, 7) is 0. The molecule has 0 N–H and O–H groups in total. The number of nitriles is 1. The Labute approximate surface area is 90.1 Å². The van der Waals surface area contributed by atoms with Crippen molar-refractivity contribution in [3.8, 4) is 11.8 Å². The molecule has 0 aromatic heterocycles. The standard InChI is InChI=1S/C8H6INOS/c1-11-8-6(12)3-2-5(4-10)7(8)9/h2-3,12H,1H3. The number of rotatable bonds is 1. The Hall–Kier alpha value is -0.410. The van der Waals surface area contributed by atoms with Crippen LogP contribution < -0.4 is 4.74 Å². The molecule has 0 spiro atoms. The molecule has 2 nitrogen and oxygen atoms in total. The van der Waals surface area contributed by atoms with E-state index in [0.717, 1.165) is 8.47 Å². The largest absolute Gasteiger partial charge is 0.494 e. The Morgan fingerprint density at radius 1 is 1.58 bits per heavy atom. The van der Waals surface area contributed by atoms with Crippen LogP contribution in [-0.4, -0.2) is 7.11 Å². The minimum atomic E-state index is 0.616. The van der Waals surface area contributed by atoms with Gasteiger partial charge in [-0.15, -0.1) is 12.6 Å². The van der Waals surface area contributed by atoms with Crippen LogP contribution in [0.25, 0.3) is 0 Å². The zero-order valence-corrected chi connectivity index (χ0v) is 9.39. The number of ether oxygens (including phenoxy) is 1. The maximum Gasteiger partial charge on any atom is 0.146 e. The molecule has 0 atom stereocenters. The van der Waals surface area contributed by atoms with Gasteiger partial charge in [-0.2, -0.15) is 5.26 Å². The van der Waals surface area contributed by atoms with E-state index in [1.54, 1.807) is 19.2 Å². The number of nitrogens with zero attached hydrogens (tertiary/aromatic N) is 1. The molecule has 1 rings (SSSR count). The fraction of sp³-hybridized carbons (Fsp3) is 0.125. The summed E-state index contributed by atoms with van der Waals surface area (Å²) in [5.41, 5.74) is 0.616. The van der Waals surface area contributed by atoms with Crippen molar-refractivity contribution < 1.29 is 4.74 Å². The van der Waals surface area contributed by atoms with Gasteiger partial charge in [0.25, 0.3) is 0 Å². The van der Waals surface area contributed by atoms with Crippen LogP contribution in [0.3, 0.4) is 0 Å². The van der Waals surface area contributed by atoms with Crippen LogP contribution in [0.4, 0.5) is 0 Å². The van der Waals surface area contributed by atoms with Gasteiger partial charge in [-0.05, 0) is 34.7 Å². The number of hydrogen-bond donors (Lipinski definition) is 1. The summed E-state index contributed by atoms with van der Waals surface area (Å²) in [7, 11) is 1.57. The number of halogens is 1. The van der Waals surface area contributed by atoms with E-state index in [-0.39, 0.29) is 0 Å². The smallest absolute Gasteiger partial charge is 0.146 e. The number of hydrogen-bond acceptors (Lipinski definition) is 3. The third-order valence-electron chi connectivity index (χ3n) is 1.40. The molecule has 0 fully saturated rings. The number of thiol groups is 1. The molecule has 0 saturated carbocycles. The van der Waals surface area contributed by atoms with Crippen LogP contribution in [0.2, 0.25) is 0 Å². The maximum absolute atomic E-state index is 8.69. The first-order chi connectivity index (χ1) is 5.70. The SMILES string of the molecule is COc1c(S)ccc(C#N)c1I. The molecule has 0 amide bonds. The molecule has 4 heteroatoms. The lowest BCUT2D eigenvalue weighted by Crippen LogP contribution is -1.91. The Balaban J connectivity index is 3.36. The average Bonchev–Trinajstić information content (AvgIpc) is 2.06. The second-order valence-electron chi connectivity index (χ2n) is 2.09. The van der Waals surface area contributed by atoms with Crippen LogP contribution in [0, 0.1) is 14.9 Å². The molecule has 1 aromatic rings. The van der Waals surface area contributed by atoms with Gasteiger partial charge in [-0.25, -0.2) is 0 Å². The predicted octanol–water partition coefficient (Wildman–Crippen LogP) is 2.46. The molecule has 0 aliphatic heterocycles. The highest BCUT2D eigenvalue weighted by molar-refractivity contribution is 14.1. The first-order valence-electron chi connectivity index (χ1n) is 3.16. The lowest BCUT2D eigenvalue weighted by Gasteiger charge is -2.06. The third-order valence-corrected chi connectivity index (χ3v) is 2.82. The van der Waals surface area contributed by atoms with Crippen molar-refractivity contribution in [2.24, 2.45) is 0 Å². The van der Waals surface area contributed by atoms with Gasteiger partial charge in [0.1, 0.15) is 11.8 Å². The van der Waals surface area contributed by atoms with Gasteiger partial charge in [0, 0.05) is 4.90 Å². The van der Waals surface area contributed by atoms with Crippen molar-refractivity contribution in [3.05, 3.63) is 21.3 Å². The van der Waals surface area contributed by atoms with E-state index in [0.29, 0.717) is 11.3 Å². The van der Waals surface area contributed by atoms with Gasteiger partial charge in [-0.1, -0.05) is 0 Å². The molecular weight excluding hydrogens is 285 g/mol. The van der Waals surface area contributed by atoms with E-state index in [4.69, 9.17) is 10.00 Å². The van der Waals surface area contributed by atoms with Gasteiger partial charge in [0.2, 0.25) is 0 Å². The van der Waals surface area contributed by atoms with Crippen LogP contribution >= 0.6 is 35.2 Å². The van der Waals surface area contributed by atoms with Crippen molar-refractivity contribution in [1.82, 2.24) is 0 Å². The zero-order chi connectivity index (χ0) is 9.14. The van der Waals surface area contributed by atoms with E-state index in [9.17, 15) is 0 Å². The van der Waals surface area contributed by atoms with Crippen LogP contribution in [-0.2, 0) is 0 Å². The van der Waals surface area contributed by atoms with Crippen molar-refractivity contribution >= 4 is 35.2 Å².